The number of nitrogens with zero attached hydrogens (tertiary/aromatic N) is 3. The third-order valence-electron chi connectivity index (χ3n) is 7.46. The Morgan fingerprint density at radius 3 is 2.39 bits per heavy atom. The zero-order valence-corrected chi connectivity index (χ0v) is 20.9. The van der Waals surface area contributed by atoms with Crippen LogP contribution in [-0.4, -0.2) is 36.0 Å². The molecule has 1 saturated carbocycles. The Labute approximate surface area is 220 Å². The number of fused-ring (bicyclic) bond motifs is 1. The second-order valence-corrected chi connectivity index (χ2v) is 9.80. The number of esters is 1. The van der Waals surface area contributed by atoms with E-state index in [2.05, 4.69) is 52.0 Å². The molecule has 38 heavy (non-hydrogen) atoms. The van der Waals surface area contributed by atoms with Gasteiger partial charge in [0.05, 0.1) is 18.6 Å². The number of benzene rings is 3. The molecule has 8 heteroatoms. The molecule has 0 saturated heterocycles. The average Bonchev–Trinajstić information content (AvgIpc) is 3.52. The van der Waals surface area contributed by atoms with Crippen LogP contribution in [-0.2, 0) is 24.5 Å². The molecule has 1 aliphatic carbocycles. The molecule has 0 radical (unpaired) electrons. The van der Waals surface area contributed by atoms with Crippen LogP contribution >= 0.6 is 0 Å². The number of hydroxylamine groups is 1. The van der Waals surface area contributed by atoms with Crippen LogP contribution in [0.15, 0.2) is 100 Å². The summed E-state index contributed by atoms with van der Waals surface area (Å²) in [6.45, 7) is 2.78. The Morgan fingerprint density at radius 2 is 1.71 bits per heavy atom. The summed E-state index contributed by atoms with van der Waals surface area (Å²) in [5, 5.41) is 6.39. The molecule has 4 aliphatic rings. The highest BCUT2D eigenvalue weighted by atomic mass is 16.7. The van der Waals surface area contributed by atoms with E-state index in [1.165, 1.54) is 0 Å². The second-order valence-electron chi connectivity index (χ2n) is 9.80. The summed E-state index contributed by atoms with van der Waals surface area (Å²) in [6.07, 6.45) is 1.42. The minimum absolute atomic E-state index is 0.113. The standard InChI is InChI=1S/C30H26N4O4/c1-2-36-28(35)30(16-17-30)23-14-12-20(13-15-23)19-8-10-21(11-9-19)25-24-18-34-29(31-26(24)33-38-25)37-27(32-34)22-6-4-3-5-7-22/h3-15,25,33H,2,16-18H2,1H3. The van der Waals surface area contributed by atoms with Crippen molar-refractivity contribution < 1.29 is 19.1 Å². The lowest BCUT2D eigenvalue weighted by Crippen LogP contribution is -2.30. The predicted molar refractivity (Wildman–Crippen MR) is 142 cm³/mol. The van der Waals surface area contributed by atoms with Gasteiger partial charge in [-0.1, -0.05) is 66.7 Å². The highest BCUT2D eigenvalue weighted by Crippen LogP contribution is 2.49. The van der Waals surface area contributed by atoms with E-state index in [0.717, 1.165) is 46.2 Å². The predicted octanol–water partition coefficient (Wildman–Crippen LogP) is 4.80. The van der Waals surface area contributed by atoms with Gasteiger partial charge >= 0.3 is 12.0 Å². The van der Waals surface area contributed by atoms with E-state index < -0.39 is 5.41 Å². The number of aliphatic imine (C=N–C) groups is 1. The summed E-state index contributed by atoms with van der Waals surface area (Å²) >= 11 is 0. The van der Waals surface area contributed by atoms with Crippen molar-refractivity contribution in [2.75, 3.05) is 13.2 Å². The van der Waals surface area contributed by atoms with Crippen LogP contribution in [0.4, 0.5) is 0 Å². The van der Waals surface area contributed by atoms with Crippen molar-refractivity contribution in [1.82, 2.24) is 10.5 Å². The highest BCUT2D eigenvalue weighted by Gasteiger charge is 2.52. The van der Waals surface area contributed by atoms with Crippen LogP contribution in [0.3, 0.4) is 0 Å². The summed E-state index contributed by atoms with van der Waals surface area (Å²) in [5.41, 5.74) is 8.65. The number of carbonyl (C=O) groups excluding carboxylic acids is 1. The molecule has 8 nitrogen and oxygen atoms in total. The molecule has 0 aromatic heterocycles. The number of nitrogens with one attached hydrogen (secondary N) is 1. The van der Waals surface area contributed by atoms with Crippen molar-refractivity contribution in [3.8, 4) is 11.1 Å². The fourth-order valence-electron chi connectivity index (χ4n) is 5.18. The molecular weight excluding hydrogens is 480 g/mol. The maximum Gasteiger partial charge on any atom is 0.322 e. The first-order valence-corrected chi connectivity index (χ1v) is 12.9. The third-order valence-corrected chi connectivity index (χ3v) is 7.46. The van der Waals surface area contributed by atoms with E-state index in [-0.39, 0.29) is 12.1 Å². The van der Waals surface area contributed by atoms with Gasteiger partial charge < -0.3 is 9.47 Å². The number of hydrogen-bond donors (Lipinski definition) is 1. The Balaban J connectivity index is 1.07. The summed E-state index contributed by atoms with van der Waals surface area (Å²) in [7, 11) is 0. The van der Waals surface area contributed by atoms with Gasteiger partial charge in [-0.3, -0.25) is 9.63 Å². The summed E-state index contributed by atoms with van der Waals surface area (Å²) in [6, 6.07) is 26.8. The average molecular weight is 507 g/mol. The molecule has 190 valence electrons. The molecule has 3 heterocycles. The minimum Gasteiger partial charge on any atom is -0.465 e. The molecule has 3 aromatic carbocycles. The number of ether oxygens (including phenoxy) is 2. The lowest BCUT2D eigenvalue weighted by molar-refractivity contribution is -0.146. The van der Waals surface area contributed by atoms with Crippen molar-refractivity contribution in [1.29, 1.82) is 0 Å². The quantitative estimate of drug-likeness (QED) is 0.484. The van der Waals surface area contributed by atoms with Crippen molar-refractivity contribution in [2.24, 2.45) is 10.1 Å². The molecular formula is C30H26N4O4. The van der Waals surface area contributed by atoms with Gasteiger partial charge in [0.1, 0.15) is 6.10 Å². The SMILES string of the molecule is CCOC(=O)C1(c2ccc(-c3ccc(C4ONC5=C4CN4N=C(c6ccccc6)OC4=N5)cc3)cc2)CC1. The first-order valence-electron chi connectivity index (χ1n) is 12.9. The first kappa shape index (κ1) is 22.7. The van der Waals surface area contributed by atoms with Crippen LogP contribution in [0.25, 0.3) is 11.1 Å². The van der Waals surface area contributed by atoms with Gasteiger partial charge in [-0.25, -0.2) is 10.5 Å². The van der Waals surface area contributed by atoms with Gasteiger partial charge in [-0.15, -0.1) is 5.10 Å². The summed E-state index contributed by atoms with van der Waals surface area (Å²) < 4.78 is 11.2. The van der Waals surface area contributed by atoms with Gasteiger partial charge in [0, 0.05) is 11.1 Å². The van der Waals surface area contributed by atoms with Gasteiger partial charge in [0.15, 0.2) is 5.82 Å². The van der Waals surface area contributed by atoms with Crippen LogP contribution in [0, 0.1) is 0 Å². The smallest absolute Gasteiger partial charge is 0.322 e. The van der Waals surface area contributed by atoms with Crippen LogP contribution in [0.5, 0.6) is 0 Å². The van der Waals surface area contributed by atoms with Crippen molar-refractivity contribution >= 4 is 17.9 Å². The highest BCUT2D eigenvalue weighted by molar-refractivity contribution is 6.05. The van der Waals surface area contributed by atoms with Crippen LogP contribution < -0.4 is 5.48 Å². The van der Waals surface area contributed by atoms with E-state index in [1.807, 2.05) is 49.4 Å². The molecule has 0 bridgehead atoms. The summed E-state index contributed by atoms with van der Waals surface area (Å²) in [5.74, 6) is 1.09. The second kappa shape index (κ2) is 8.85. The lowest BCUT2D eigenvalue weighted by Gasteiger charge is -2.20. The van der Waals surface area contributed by atoms with E-state index in [4.69, 9.17) is 14.3 Å². The molecule has 0 spiro atoms. The van der Waals surface area contributed by atoms with E-state index >= 15 is 0 Å². The monoisotopic (exact) mass is 506 g/mol. The molecule has 1 unspecified atom stereocenters. The molecule has 1 fully saturated rings. The Morgan fingerprint density at radius 1 is 1.00 bits per heavy atom. The minimum atomic E-state index is -0.453. The molecule has 1 N–H and O–H groups in total. The third kappa shape index (κ3) is 3.76. The van der Waals surface area contributed by atoms with Gasteiger partial charge in [0.25, 0.3) is 0 Å². The molecule has 7 rings (SSSR count). The van der Waals surface area contributed by atoms with Crippen LogP contribution in [0.1, 0.15) is 42.6 Å². The number of amidine groups is 1. The molecule has 1 atom stereocenters. The largest absolute Gasteiger partial charge is 0.465 e. The summed E-state index contributed by atoms with van der Waals surface area (Å²) in [4.78, 5) is 22.9. The Bertz CT molecular complexity index is 1490. The Kier molecular flexibility index (Phi) is 5.30. The lowest BCUT2D eigenvalue weighted by atomic mass is 9.93. The van der Waals surface area contributed by atoms with Crippen molar-refractivity contribution in [3.05, 3.63) is 107 Å². The number of hydrogen-bond acceptors (Lipinski definition) is 8. The fourth-order valence-corrected chi connectivity index (χ4v) is 5.18. The molecule has 3 aromatic rings. The van der Waals surface area contributed by atoms with Gasteiger partial charge in [0.2, 0.25) is 5.90 Å². The topological polar surface area (TPSA) is 84.8 Å². The van der Waals surface area contributed by atoms with E-state index in [1.54, 1.807) is 5.01 Å². The molecule has 0 amide bonds. The maximum atomic E-state index is 12.4. The fraction of sp³-hybridized carbons (Fsp3) is 0.233. The number of carbonyl (C=O) groups is 1. The van der Waals surface area contributed by atoms with Crippen molar-refractivity contribution in [3.63, 3.8) is 0 Å². The van der Waals surface area contributed by atoms with Crippen LogP contribution in [0.2, 0.25) is 0 Å². The maximum absolute atomic E-state index is 12.4. The number of rotatable bonds is 6. The van der Waals surface area contributed by atoms with Crippen molar-refractivity contribution in [2.45, 2.75) is 31.3 Å². The first-order chi connectivity index (χ1) is 18.6. The number of hydrazone groups is 1. The van der Waals surface area contributed by atoms with E-state index in [0.29, 0.717) is 30.9 Å². The molecule has 3 aliphatic heterocycles. The normalized spacial score (nSPS) is 20.6. The van der Waals surface area contributed by atoms with Gasteiger partial charge in [-0.05, 0) is 54.2 Å². The van der Waals surface area contributed by atoms with E-state index in [9.17, 15) is 4.79 Å². The zero-order chi connectivity index (χ0) is 25.7. The van der Waals surface area contributed by atoms with Gasteiger partial charge in [-0.2, -0.15) is 4.99 Å². The Hall–Kier alpha value is -4.43. The zero-order valence-electron chi connectivity index (χ0n) is 20.9.